The highest BCUT2D eigenvalue weighted by Crippen LogP contribution is 2.17. The lowest BCUT2D eigenvalue weighted by molar-refractivity contribution is -0.150. The molecule has 0 unspecified atom stereocenters. The lowest BCUT2D eigenvalue weighted by Crippen LogP contribution is -2.63. The fourth-order valence-electron chi connectivity index (χ4n) is 7.04. The zero-order chi connectivity index (χ0) is 44.6. The second-order valence-corrected chi connectivity index (χ2v) is 16.7. The van der Waals surface area contributed by atoms with Crippen LogP contribution in [-0.4, -0.2) is 163 Å². The Morgan fingerprint density at radius 2 is 1.25 bits per heavy atom. The van der Waals surface area contributed by atoms with Crippen LogP contribution in [0.15, 0.2) is 30.3 Å². The zero-order valence-electron chi connectivity index (χ0n) is 37.2. The van der Waals surface area contributed by atoms with Gasteiger partial charge in [0.1, 0.15) is 24.4 Å². The molecule has 1 fully saturated rings. The largest absolute Gasteiger partial charge is 0.343 e. The average Bonchev–Trinajstić information content (AvgIpc) is 3.22. The van der Waals surface area contributed by atoms with Crippen molar-refractivity contribution in [3.8, 4) is 0 Å². The Balaban J connectivity index is 2.54. The molecular formula is C43H70N8O8. The van der Waals surface area contributed by atoms with Gasteiger partial charge in [0.05, 0.1) is 12.1 Å². The predicted octanol–water partition coefficient (Wildman–Crippen LogP) is 1.46. The first kappa shape index (κ1) is 50.3. The van der Waals surface area contributed by atoms with Gasteiger partial charge in [0, 0.05) is 60.7 Å². The van der Waals surface area contributed by atoms with Crippen LogP contribution in [0.25, 0.3) is 0 Å². The number of nitrogens with one attached hydrogen (secondary N) is 3. The summed E-state index contributed by atoms with van der Waals surface area (Å²) in [6, 6.07) is 2.63. The monoisotopic (exact) mass is 827 g/mol. The first-order valence-electron chi connectivity index (χ1n) is 20.8. The van der Waals surface area contributed by atoms with E-state index in [4.69, 9.17) is 0 Å². The van der Waals surface area contributed by atoms with E-state index in [1.807, 2.05) is 33.8 Å². The van der Waals surface area contributed by atoms with E-state index in [0.717, 1.165) is 29.1 Å². The molecule has 59 heavy (non-hydrogen) atoms. The first-order chi connectivity index (χ1) is 27.7. The summed E-state index contributed by atoms with van der Waals surface area (Å²) in [5, 5.41) is 8.29. The van der Waals surface area contributed by atoms with Gasteiger partial charge in [-0.1, -0.05) is 58.0 Å². The van der Waals surface area contributed by atoms with E-state index >= 15 is 0 Å². The molecule has 3 N–H and O–H groups in total. The molecule has 1 aliphatic rings. The summed E-state index contributed by atoms with van der Waals surface area (Å²) in [5.74, 6) is -4.07. The van der Waals surface area contributed by atoms with Crippen LogP contribution in [0.4, 0.5) is 0 Å². The molecule has 1 saturated heterocycles. The summed E-state index contributed by atoms with van der Waals surface area (Å²) < 4.78 is 0. The van der Waals surface area contributed by atoms with Gasteiger partial charge < -0.3 is 45.2 Å². The van der Waals surface area contributed by atoms with Gasteiger partial charge in [-0.2, -0.15) is 0 Å². The van der Waals surface area contributed by atoms with E-state index in [2.05, 4.69) is 16.0 Å². The van der Waals surface area contributed by atoms with E-state index in [9.17, 15) is 38.4 Å². The minimum Gasteiger partial charge on any atom is -0.343 e. The maximum Gasteiger partial charge on any atom is 0.255 e. The number of benzene rings is 1. The molecule has 6 atom stereocenters. The van der Waals surface area contributed by atoms with Crippen LogP contribution < -0.4 is 16.0 Å². The maximum atomic E-state index is 14.7. The predicted molar refractivity (Wildman–Crippen MR) is 226 cm³/mol. The van der Waals surface area contributed by atoms with Crippen molar-refractivity contribution in [2.75, 3.05) is 54.9 Å². The summed E-state index contributed by atoms with van der Waals surface area (Å²) in [6.07, 6.45) is 3.99. The summed E-state index contributed by atoms with van der Waals surface area (Å²) in [7, 11) is 7.38. The van der Waals surface area contributed by atoms with Crippen LogP contribution in [0.3, 0.4) is 0 Å². The molecule has 7 amide bonds. The number of hydrogen-bond donors (Lipinski definition) is 3. The number of nitrogens with zero attached hydrogens (tertiary/aromatic N) is 5. The molecule has 0 spiro atoms. The van der Waals surface area contributed by atoms with Crippen LogP contribution in [0.1, 0.15) is 85.6 Å². The number of aldehydes is 1. The van der Waals surface area contributed by atoms with Crippen molar-refractivity contribution in [2.24, 2.45) is 11.8 Å². The fourth-order valence-corrected chi connectivity index (χ4v) is 7.04. The van der Waals surface area contributed by atoms with Gasteiger partial charge in [0.2, 0.25) is 29.5 Å². The Bertz CT molecular complexity index is 1580. The normalized spacial score (nSPS) is 15.8. The van der Waals surface area contributed by atoms with Crippen molar-refractivity contribution < 1.29 is 38.4 Å². The van der Waals surface area contributed by atoms with E-state index in [0.29, 0.717) is 31.4 Å². The topological polar surface area (TPSA) is 189 Å². The standard InChI is InChI=1S/C43H70N8O8/c1-28(2)24-33(27-52)48(9)36(53)20-23-47(8)42(58)37(46-39(55)34(25-29(3)4)49(10)40(56)30(5)44-7)43(59)50(11)35(26-32-18-14-12-15-19-32)38(54)45-31(6)41(57)51-21-16-13-17-22-51/h12,14-15,18-19,27-31,33-35,37,44H,13,16-17,20-26H2,1-11H3,(H,45,54)(H,46,55)/t30-,31-,33-,34-,35-,37-/m0/s1. The second kappa shape index (κ2) is 24.3. The molecule has 0 aromatic heterocycles. The zero-order valence-corrected chi connectivity index (χ0v) is 37.2. The van der Waals surface area contributed by atoms with Gasteiger partial charge in [0.15, 0.2) is 6.04 Å². The van der Waals surface area contributed by atoms with Crippen molar-refractivity contribution in [2.45, 2.75) is 123 Å². The van der Waals surface area contributed by atoms with Crippen molar-refractivity contribution in [3.05, 3.63) is 35.9 Å². The molecule has 16 heteroatoms. The number of amides is 7. The highest BCUT2D eigenvalue weighted by molar-refractivity contribution is 6.08. The number of carbonyl (C=O) groups excluding carboxylic acids is 8. The van der Waals surface area contributed by atoms with Gasteiger partial charge in [0.25, 0.3) is 11.8 Å². The van der Waals surface area contributed by atoms with Crippen LogP contribution in [0.5, 0.6) is 0 Å². The lowest BCUT2D eigenvalue weighted by atomic mass is 10.00. The second-order valence-electron chi connectivity index (χ2n) is 16.7. The molecule has 1 aromatic rings. The number of likely N-dealkylation sites (N-methyl/N-ethyl adjacent to an activating group) is 5. The SMILES string of the molecule is CN[C@@H](C)C(=O)N(C)[C@@H](CC(C)C)C(=O)N[C@@H](C(=O)N(C)CCC(=O)N(C)[C@H](C=O)CC(C)C)C(=O)N(C)[C@@H](Cc1ccccc1)C(=O)N[C@@H](C)C(=O)N1CCCCC1. The van der Waals surface area contributed by atoms with Gasteiger partial charge in [-0.25, -0.2) is 0 Å². The third-order valence-electron chi connectivity index (χ3n) is 11.0. The maximum absolute atomic E-state index is 14.7. The average molecular weight is 827 g/mol. The summed E-state index contributed by atoms with van der Waals surface area (Å²) in [6.45, 7) is 11.9. The molecule has 0 bridgehead atoms. The number of hydrogen-bond acceptors (Lipinski definition) is 9. The minimum absolute atomic E-state index is 0.0223. The van der Waals surface area contributed by atoms with Gasteiger partial charge in [-0.15, -0.1) is 0 Å². The van der Waals surface area contributed by atoms with E-state index in [-0.39, 0.29) is 49.5 Å². The Kier molecular flexibility index (Phi) is 20.7. The van der Waals surface area contributed by atoms with Gasteiger partial charge in [-0.05, 0) is 70.4 Å². The number of carbonyl (C=O) groups is 8. The molecule has 2 rings (SSSR count). The van der Waals surface area contributed by atoms with Gasteiger partial charge >= 0.3 is 0 Å². The molecular weight excluding hydrogens is 757 g/mol. The Morgan fingerprint density at radius 3 is 1.80 bits per heavy atom. The molecule has 0 radical (unpaired) electrons. The smallest absolute Gasteiger partial charge is 0.255 e. The Labute approximate surface area is 351 Å². The highest BCUT2D eigenvalue weighted by Gasteiger charge is 2.41. The van der Waals surface area contributed by atoms with Crippen LogP contribution in [0.2, 0.25) is 0 Å². The highest BCUT2D eigenvalue weighted by atomic mass is 16.2. The molecule has 1 aromatic carbocycles. The summed E-state index contributed by atoms with van der Waals surface area (Å²) in [4.78, 5) is 116. The quantitative estimate of drug-likeness (QED) is 0.115. The number of rotatable bonds is 22. The molecule has 0 aliphatic carbocycles. The molecule has 0 saturated carbocycles. The number of piperidine rings is 1. The van der Waals surface area contributed by atoms with E-state index in [1.165, 1.54) is 38.0 Å². The Morgan fingerprint density at radius 1 is 0.695 bits per heavy atom. The lowest BCUT2D eigenvalue weighted by Gasteiger charge is -2.35. The van der Waals surface area contributed by atoms with Gasteiger partial charge in [-0.3, -0.25) is 33.6 Å². The third kappa shape index (κ3) is 15.0. The van der Waals surface area contributed by atoms with Crippen LogP contribution >= 0.6 is 0 Å². The fraction of sp³-hybridized carbons (Fsp3) is 0.674. The van der Waals surface area contributed by atoms with Crippen molar-refractivity contribution in [1.29, 1.82) is 0 Å². The van der Waals surface area contributed by atoms with Crippen LogP contribution in [-0.2, 0) is 44.8 Å². The molecule has 1 aliphatic heterocycles. The summed E-state index contributed by atoms with van der Waals surface area (Å²) in [5.41, 5.74) is 0.704. The third-order valence-corrected chi connectivity index (χ3v) is 11.0. The molecule has 330 valence electrons. The Hall–Kier alpha value is -4.86. The van der Waals surface area contributed by atoms with Crippen LogP contribution in [0, 0.1) is 11.8 Å². The first-order valence-corrected chi connectivity index (χ1v) is 20.8. The van der Waals surface area contributed by atoms with Crippen molar-refractivity contribution in [3.63, 3.8) is 0 Å². The number of likely N-dealkylation sites (tertiary alicyclic amines) is 1. The van der Waals surface area contributed by atoms with Crippen molar-refractivity contribution >= 4 is 47.6 Å². The minimum atomic E-state index is -1.87. The van der Waals surface area contributed by atoms with E-state index < -0.39 is 65.8 Å². The molecule has 1 heterocycles. The summed E-state index contributed by atoms with van der Waals surface area (Å²) >= 11 is 0. The molecule has 16 nitrogen and oxygen atoms in total. The van der Waals surface area contributed by atoms with Crippen molar-refractivity contribution in [1.82, 2.24) is 40.4 Å². The van der Waals surface area contributed by atoms with E-state index in [1.54, 1.807) is 50.1 Å².